The van der Waals surface area contributed by atoms with Gasteiger partial charge in [0, 0.05) is 17.1 Å². The van der Waals surface area contributed by atoms with Gasteiger partial charge in [-0.2, -0.15) is 0 Å². The van der Waals surface area contributed by atoms with Crippen LogP contribution in [0.15, 0.2) is 22.7 Å². The van der Waals surface area contributed by atoms with Gasteiger partial charge in [0.2, 0.25) is 0 Å². The molecule has 1 aromatic carbocycles. The quantitative estimate of drug-likeness (QED) is 0.784. The molecule has 0 aromatic heterocycles. The Hall–Kier alpha value is -0.410. The molecule has 94 valence electrons. The van der Waals surface area contributed by atoms with Gasteiger partial charge in [-0.3, -0.25) is 4.90 Å². The van der Waals surface area contributed by atoms with Crippen molar-refractivity contribution in [1.82, 2.24) is 4.90 Å². The second-order valence-electron chi connectivity index (χ2n) is 4.90. The minimum Gasteiger partial charge on any atom is -0.296 e. The molecular weight excluding hydrogens is 281 g/mol. The highest BCUT2D eigenvalue weighted by Crippen LogP contribution is 2.23. The van der Waals surface area contributed by atoms with Gasteiger partial charge in [0.15, 0.2) is 0 Å². The Morgan fingerprint density at radius 3 is 2.94 bits per heavy atom. The van der Waals surface area contributed by atoms with Crippen LogP contribution in [0.4, 0.5) is 4.39 Å². The normalized spacial score (nSPS) is 22.4. The Kier molecular flexibility index (Phi) is 4.57. The fourth-order valence-electron chi connectivity index (χ4n) is 2.44. The van der Waals surface area contributed by atoms with Crippen LogP contribution in [0.25, 0.3) is 0 Å². The van der Waals surface area contributed by atoms with Gasteiger partial charge in [0.1, 0.15) is 5.82 Å². The maximum atomic E-state index is 13.0. The number of rotatable bonds is 2. The Balaban J connectivity index is 2.08. The van der Waals surface area contributed by atoms with E-state index in [4.69, 9.17) is 0 Å². The van der Waals surface area contributed by atoms with Crippen LogP contribution in [-0.4, -0.2) is 17.5 Å². The average Bonchev–Trinajstić information content (AvgIpc) is 2.48. The molecule has 0 saturated carbocycles. The third kappa shape index (κ3) is 3.52. The molecule has 0 N–H and O–H groups in total. The molecule has 1 atom stereocenters. The summed E-state index contributed by atoms with van der Waals surface area (Å²) in [6, 6.07) is 5.62. The first kappa shape index (κ1) is 13.0. The lowest BCUT2D eigenvalue weighted by atomic mass is 10.1. The van der Waals surface area contributed by atoms with Crippen LogP contribution >= 0.6 is 15.9 Å². The van der Waals surface area contributed by atoms with E-state index in [9.17, 15) is 4.39 Å². The van der Waals surface area contributed by atoms with Crippen molar-refractivity contribution in [3.63, 3.8) is 0 Å². The summed E-state index contributed by atoms with van der Waals surface area (Å²) in [5, 5.41) is 0. The number of halogens is 2. The van der Waals surface area contributed by atoms with Crippen LogP contribution in [0.1, 0.15) is 38.2 Å². The number of benzene rings is 1. The predicted octanol–water partition coefficient (Wildman–Crippen LogP) is 4.35. The minimum absolute atomic E-state index is 0.176. The first-order chi connectivity index (χ1) is 8.16. The summed E-state index contributed by atoms with van der Waals surface area (Å²) >= 11 is 3.45. The highest BCUT2D eigenvalue weighted by molar-refractivity contribution is 9.10. The molecule has 2 rings (SSSR count). The monoisotopic (exact) mass is 299 g/mol. The highest BCUT2D eigenvalue weighted by atomic mass is 79.9. The minimum atomic E-state index is -0.176. The van der Waals surface area contributed by atoms with Crippen LogP contribution in [-0.2, 0) is 6.54 Å². The zero-order valence-corrected chi connectivity index (χ0v) is 11.8. The summed E-state index contributed by atoms with van der Waals surface area (Å²) in [7, 11) is 0. The van der Waals surface area contributed by atoms with Crippen molar-refractivity contribution in [2.45, 2.75) is 45.2 Å². The van der Waals surface area contributed by atoms with E-state index < -0.39 is 0 Å². The molecule has 1 saturated heterocycles. The molecule has 0 aliphatic carbocycles. The van der Waals surface area contributed by atoms with E-state index in [1.807, 2.05) is 6.07 Å². The van der Waals surface area contributed by atoms with Gasteiger partial charge in [-0.1, -0.05) is 34.8 Å². The van der Waals surface area contributed by atoms with Gasteiger partial charge in [-0.05, 0) is 44.0 Å². The van der Waals surface area contributed by atoms with Gasteiger partial charge in [-0.25, -0.2) is 4.39 Å². The number of nitrogens with zero attached hydrogens (tertiary/aromatic N) is 1. The molecule has 1 unspecified atom stereocenters. The van der Waals surface area contributed by atoms with Gasteiger partial charge in [0.05, 0.1) is 0 Å². The summed E-state index contributed by atoms with van der Waals surface area (Å²) in [6.45, 7) is 4.37. The molecule has 0 bridgehead atoms. The van der Waals surface area contributed by atoms with Crippen LogP contribution in [0, 0.1) is 5.82 Å². The molecule has 1 heterocycles. The third-order valence-corrected chi connectivity index (χ3v) is 4.32. The van der Waals surface area contributed by atoms with E-state index in [1.165, 1.54) is 31.2 Å². The molecule has 0 amide bonds. The van der Waals surface area contributed by atoms with Crippen molar-refractivity contribution in [2.75, 3.05) is 6.54 Å². The third-order valence-electron chi connectivity index (χ3n) is 3.58. The molecule has 0 radical (unpaired) electrons. The van der Waals surface area contributed by atoms with Gasteiger partial charge in [0.25, 0.3) is 0 Å². The largest absolute Gasteiger partial charge is 0.296 e. The highest BCUT2D eigenvalue weighted by Gasteiger charge is 2.17. The second-order valence-corrected chi connectivity index (χ2v) is 5.76. The van der Waals surface area contributed by atoms with Gasteiger partial charge >= 0.3 is 0 Å². The van der Waals surface area contributed by atoms with Crippen molar-refractivity contribution in [1.29, 1.82) is 0 Å². The van der Waals surface area contributed by atoms with Crippen molar-refractivity contribution < 1.29 is 4.39 Å². The molecular formula is C14H19BrFN. The summed E-state index contributed by atoms with van der Waals surface area (Å²) < 4.78 is 13.9. The fraction of sp³-hybridized carbons (Fsp3) is 0.571. The van der Waals surface area contributed by atoms with Crippen molar-refractivity contribution in [3.05, 3.63) is 34.1 Å². The van der Waals surface area contributed by atoms with E-state index in [1.54, 1.807) is 12.1 Å². The zero-order chi connectivity index (χ0) is 12.3. The van der Waals surface area contributed by atoms with E-state index in [2.05, 4.69) is 27.8 Å². The summed E-state index contributed by atoms with van der Waals surface area (Å²) in [5.74, 6) is -0.176. The standard InChI is InChI=1S/C14H19BrFN/c1-11-5-3-2-4-8-17(11)10-12-6-7-13(16)9-14(12)15/h6-7,9,11H,2-5,8,10H2,1H3. The molecule has 3 heteroatoms. The van der Waals surface area contributed by atoms with E-state index in [0.717, 1.165) is 17.6 Å². The van der Waals surface area contributed by atoms with Crippen LogP contribution in [0.5, 0.6) is 0 Å². The van der Waals surface area contributed by atoms with E-state index in [0.29, 0.717) is 6.04 Å². The lowest BCUT2D eigenvalue weighted by Gasteiger charge is -2.27. The first-order valence-electron chi connectivity index (χ1n) is 6.35. The van der Waals surface area contributed by atoms with E-state index >= 15 is 0 Å². The maximum absolute atomic E-state index is 13.0. The molecule has 0 spiro atoms. The summed E-state index contributed by atoms with van der Waals surface area (Å²) in [4.78, 5) is 2.50. The summed E-state index contributed by atoms with van der Waals surface area (Å²) in [5.41, 5.74) is 1.18. The molecule has 1 aliphatic rings. The fourth-order valence-corrected chi connectivity index (χ4v) is 2.91. The maximum Gasteiger partial charge on any atom is 0.124 e. The van der Waals surface area contributed by atoms with Gasteiger partial charge in [-0.15, -0.1) is 0 Å². The SMILES string of the molecule is CC1CCCCCN1Cc1ccc(F)cc1Br. The second kappa shape index (κ2) is 5.96. The Bertz CT molecular complexity index is 380. The van der Waals surface area contributed by atoms with Crippen molar-refractivity contribution in [2.24, 2.45) is 0 Å². The Morgan fingerprint density at radius 2 is 2.18 bits per heavy atom. The first-order valence-corrected chi connectivity index (χ1v) is 7.14. The Labute approximate surface area is 111 Å². The van der Waals surface area contributed by atoms with Crippen LogP contribution < -0.4 is 0 Å². The van der Waals surface area contributed by atoms with Crippen LogP contribution in [0.2, 0.25) is 0 Å². The smallest absolute Gasteiger partial charge is 0.124 e. The Morgan fingerprint density at radius 1 is 1.35 bits per heavy atom. The zero-order valence-electron chi connectivity index (χ0n) is 10.3. The number of hydrogen-bond donors (Lipinski definition) is 0. The molecule has 1 nitrogen and oxygen atoms in total. The van der Waals surface area contributed by atoms with E-state index in [-0.39, 0.29) is 5.82 Å². The molecule has 1 aliphatic heterocycles. The predicted molar refractivity (Wildman–Crippen MR) is 72.4 cm³/mol. The average molecular weight is 300 g/mol. The lowest BCUT2D eigenvalue weighted by molar-refractivity contribution is 0.204. The molecule has 1 fully saturated rings. The molecule has 1 aromatic rings. The number of likely N-dealkylation sites (tertiary alicyclic amines) is 1. The van der Waals surface area contributed by atoms with Crippen molar-refractivity contribution >= 4 is 15.9 Å². The molecule has 17 heavy (non-hydrogen) atoms. The van der Waals surface area contributed by atoms with Gasteiger partial charge < -0.3 is 0 Å². The van der Waals surface area contributed by atoms with Crippen LogP contribution in [0.3, 0.4) is 0 Å². The topological polar surface area (TPSA) is 3.24 Å². The number of hydrogen-bond acceptors (Lipinski definition) is 1. The summed E-state index contributed by atoms with van der Waals surface area (Å²) in [6.07, 6.45) is 5.23. The van der Waals surface area contributed by atoms with Crippen molar-refractivity contribution in [3.8, 4) is 0 Å². The lowest BCUT2D eigenvalue weighted by Crippen LogP contribution is -2.32.